The van der Waals surface area contributed by atoms with Crippen molar-refractivity contribution < 1.29 is 4.79 Å². The summed E-state index contributed by atoms with van der Waals surface area (Å²) in [5.74, 6) is 0.273. The van der Waals surface area contributed by atoms with E-state index >= 15 is 0 Å². The summed E-state index contributed by atoms with van der Waals surface area (Å²) in [6, 6.07) is 6.65. The average molecular weight is 246 g/mol. The first-order chi connectivity index (χ1) is 8.60. The Hall–Kier alpha value is -1.51. The van der Waals surface area contributed by atoms with Gasteiger partial charge in [0.15, 0.2) is 0 Å². The highest BCUT2D eigenvalue weighted by Crippen LogP contribution is 2.20. The van der Waals surface area contributed by atoms with Crippen LogP contribution in [0.2, 0.25) is 0 Å². The summed E-state index contributed by atoms with van der Waals surface area (Å²) in [5, 5.41) is 0. The highest BCUT2D eigenvalue weighted by atomic mass is 16.2. The van der Waals surface area contributed by atoms with E-state index in [1.165, 1.54) is 16.8 Å². The number of hydrogen-bond donors (Lipinski definition) is 0. The third-order valence-electron chi connectivity index (χ3n) is 3.51. The molecule has 1 fully saturated rings. The molecule has 1 aromatic carbocycles. The third kappa shape index (κ3) is 2.84. The van der Waals surface area contributed by atoms with Crippen molar-refractivity contribution in [2.24, 2.45) is 0 Å². The quantitative estimate of drug-likeness (QED) is 0.800. The summed E-state index contributed by atoms with van der Waals surface area (Å²) in [6.45, 7) is 9.77. The van der Waals surface area contributed by atoms with Crippen molar-refractivity contribution in [1.82, 2.24) is 4.90 Å². The Bertz CT molecular complexity index is 414. The average Bonchev–Trinajstić information content (AvgIpc) is 2.37. The summed E-state index contributed by atoms with van der Waals surface area (Å²) in [5.41, 5.74) is 3.89. The van der Waals surface area contributed by atoms with Crippen LogP contribution in [0.3, 0.4) is 0 Å². The molecular weight excluding hydrogens is 224 g/mol. The minimum absolute atomic E-state index is 0.273. The number of benzene rings is 1. The molecule has 1 aliphatic heterocycles. The molecule has 0 atom stereocenters. The van der Waals surface area contributed by atoms with Gasteiger partial charge in [0.25, 0.3) is 0 Å². The van der Waals surface area contributed by atoms with E-state index < -0.39 is 0 Å². The van der Waals surface area contributed by atoms with Gasteiger partial charge >= 0.3 is 0 Å². The smallest absolute Gasteiger partial charge is 0.222 e. The first kappa shape index (κ1) is 12.9. The van der Waals surface area contributed by atoms with Crippen LogP contribution in [-0.2, 0) is 4.79 Å². The summed E-state index contributed by atoms with van der Waals surface area (Å²) in [6.07, 6.45) is 0.615. The van der Waals surface area contributed by atoms with E-state index in [4.69, 9.17) is 0 Å². The van der Waals surface area contributed by atoms with Crippen molar-refractivity contribution in [3.63, 3.8) is 0 Å². The van der Waals surface area contributed by atoms with Gasteiger partial charge in [0.2, 0.25) is 5.91 Å². The van der Waals surface area contributed by atoms with Crippen LogP contribution >= 0.6 is 0 Å². The van der Waals surface area contributed by atoms with Gasteiger partial charge in [-0.2, -0.15) is 0 Å². The van der Waals surface area contributed by atoms with Crippen LogP contribution in [0.5, 0.6) is 0 Å². The maximum absolute atomic E-state index is 11.6. The van der Waals surface area contributed by atoms with E-state index in [0.717, 1.165) is 26.2 Å². The van der Waals surface area contributed by atoms with Crippen LogP contribution in [0.15, 0.2) is 18.2 Å². The molecular formula is C15H22N2O. The standard InChI is InChI=1S/C15H22N2O/c1-4-15(18)17-7-5-16(6-8-17)14-10-12(2)9-13(3)11-14/h9-11H,4-8H2,1-3H3. The molecule has 0 spiro atoms. The second kappa shape index (κ2) is 5.42. The summed E-state index contributed by atoms with van der Waals surface area (Å²) in [7, 11) is 0. The summed E-state index contributed by atoms with van der Waals surface area (Å²) in [4.78, 5) is 16.0. The fourth-order valence-electron chi connectivity index (χ4n) is 2.57. The first-order valence-corrected chi connectivity index (χ1v) is 6.71. The van der Waals surface area contributed by atoms with Gasteiger partial charge in [-0.25, -0.2) is 0 Å². The largest absolute Gasteiger partial charge is 0.368 e. The molecule has 1 heterocycles. The van der Waals surface area contributed by atoms with Gasteiger partial charge in [-0.05, 0) is 37.1 Å². The van der Waals surface area contributed by atoms with E-state index in [9.17, 15) is 4.79 Å². The van der Waals surface area contributed by atoms with E-state index in [1.54, 1.807) is 0 Å². The molecule has 1 saturated heterocycles. The van der Waals surface area contributed by atoms with Crippen LogP contribution in [0.1, 0.15) is 24.5 Å². The van der Waals surface area contributed by atoms with Crippen molar-refractivity contribution in [3.05, 3.63) is 29.3 Å². The maximum Gasteiger partial charge on any atom is 0.222 e. The number of piperazine rings is 1. The Morgan fingerprint density at radius 1 is 1.06 bits per heavy atom. The molecule has 3 nitrogen and oxygen atoms in total. The van der Waals surface area contributed by atoms with Crippen molar-refractivity contribution in [2.75, 3.05) is 31.1 Å². The van der Waals surface area contributed by atoms with E-state index in [-0.39, 0.29) is 5.91 Å². The predicted octanol–water partition coefficient (Wildman–Crippen LogP) is 2.36. The van der Waals surface area contributed by atoms with Gasteiger partial charge in [-0.1, -0.05) is 13.0 Å². The zero-order valence-electron chi connectivity index (χ0n) is 11.6. The van der Waals surface area contributed by atoms with Crippen LogP contribution in [-0.4, -0.2) is 37.0 Å². The zero-order chi connectivity index (χ0) is 13.1. The fraction of sp³-hybridized carbons (Fsp3) is 0.533. The van der Waals surface area contributed by atoms with Crippen LogP contribution in [0, 0.1) is 13.8 Å². The number of nitrogens with zero attached hydrogens (tertiary/aromatic N) is 2. The molecule has 0 aromatic heterocycles. The predicted molar refractivity (Wildman–Crippen MR) is 75.0 cm³/mol. The molecule has 0 aliphatic carbocycles. The Balaban J connectivity index is 2.03. The SMILES string of the molecule is CCC(=O)N1CCN(c2cc(C)cc(C)c2)CC1. The number of anilines is 1. The normalized spacial score (nSPS) is 15.9. The minimum Gasteiger partial charge on any atom is -0.368 e. The molecule has 0 bridgehead atoms. The topological polar surface area (TPSA) is 23.6 Å². The highest BCUT2D eigenvalue weighted by molar-refractivity contribution is 5.76. The first-order valence-electron chi connectivity index (χ1n) is 6.71. The number of rotatable bonds is 2. The van der Waals surface area contributed by atoms with Gasteiger partial charge in [-0.3, -0.25) is 4.79 Å². The van der Waals surface area contributed by atoms with Gasteiger partial charge in [0.05, 0.1) is 0 Å². The van der Waals surface area contributed by atoms with Crippen LogP contribution < -0.4 is 4.90 Å². The molecule has 0 radical (unpaired) electrons. The van der Waals surface area contributed by atoms with Crippen molar-refractivity contribution in [1.29, 1.82) is 0 Å². The molecule has 0 saturated carbocycles. The lowest BCUT2D eigenvalue weighted by Gasteiger charge is -2.36. The van der Waals surface area contributed by atoms with Crippen LogP contribution in [0.25, 0.3) is 0 Å². The summed E-state index contributed by atoms with van der Waals surface area (Å²) < 4.78 is 0. The molecule has 1 aliphatic rings. The van der Waals surface area contributed by atoms with E-state index in [1.807, 2.05) is 11.8 Å². The third-order valence-corrected chi connectivity index (χ3v) is 3.51. The number of amides is 1. The van der Waals surface area contributed by atoms with E-state index in [2.05, 4.69) is 36.9 Å². The molecule has 1 aromatic rings. The molecule has 1 amide bonds. The number of carbonyl (C=O) groups is 1. The second-order valence-electron chi connectivity index (χ2n) is 5.07. The Labute approximate surface area is 109 Å². The lowest BCUT2D eigenvalue weighted by atomic mass is 10.1. The number of aryl methyl sites for hydroxylation is 2. The Morgan fingerprint density at radius 3 is 2.11 bits per heavy atom. The highest BCUT2D eigenvalue weighted by Gasteiger charge is 2.20. The molecule has 98 valence electrons. The van der Waals surface area contributed by atoms with Gasteiger partial charge < -0.3 is 9.80 Å². The number of carbonyl (C=O) groups excluding carboxylic acids is 1. The number of hydrogen-bond acceptors (Lipinski definition) is 2. The van der Waals surface area contributed by atoms with Gasteiger partial charge in [0, 0.05) is 38.3 Å². The minimum atomic E-state index is 0.273. The zero-order valence-corrected chi connectivity index (χ0v) is 11.6. The molecule has 0 N–H and O–H groups in total. The molecule has 0 unspecified atom stereocenters. The molecule has 3 heteroatoms. The monoisotopic (exact) mass is 246 g/mol. The van der Waals surface area contributed by atoms with Gasteiger partial charge in [-0.15, -0.1) is 0 Å². The van der Waals surface area contributed by atoms with Crippen molar-refractivity contribution >= 4 is 11.6 Å². The van der Waals surface area contributed by atoms with Crippen molar-refractivity contribution in [2.45, 2.75) is 27.2 Å². The van der Waals surface area contributed by atoms with Crippen molar-refractivity contribution in [3.8, 4) is 0 Å². The second-order valence-corrected chi connectivity index (χ2v) is 5.07. The Morgan fingerprint density at radius 2 is 1.61 bits per heavy atom. The fourth-order valence-corrected chi connectivity index (χ4v) is 2.57. The lowest BCUT2D eigenvalue weighted by Crippen LogP contribution is -2.48. The molecule has 2 rings (SSSR count). The maximum atomic E-state index is 11.6. The van der Waals surface area contributed by atoms with E-state index in [0.29, 0.717) is 6.42 Å². The lowest BCUT2D eigenvalue weighted by molar-refractivity contribution is -0.131. The van der Waals surface area contributed by atoms with Crippen LogP contribution in [0.4, 0.5) is 5.69 Å². The Kier molecular flexibility index (Phi) is 3.90. The van der Waals surface area contributed by atoms with Gasteiger partial charge in [0.1, 0.15) is 0 Å². The molecule has 18 heavy (non-hydrogen) atoms. The summed E-state index contributed by atoms with van der Waals surface area (Å²) >= 11 is 0.